The van der Waals surface area contributed by atoms with Crippen LogP contribution in [0.1, 0.15) is 32.5 Å². The van der Waals surface area contributed by atoms with Gasteiger partial charge in [0.15, 0.2) is 5.82 Å². The lowest BCUT2D eigenvalue weighted by atomic mass is 10.1. The van der Waals surface area contributed by atoms with Gasteiger partial charge in [-0.2, -0.15) is 4.98 Å². The molecule has 1 saturated carbocycles. The Morgan fingerprint density at radius 2 is 2.31 bits per heavy atom. The van der Waals surface area contributed by atoms with Crippen molar-refractivity contribution in [2.45, 2.75) is 33.1 Å². The van der Waals surface area contributed by atoms with Gasteiger partial charge in [0.1, 0.15) is 0 Å². The van der Waals surface area contributed by atoms with Crippen molar-refractivity contribution < 1.29 is 4.52 Å². The highest BCUT2D eigenvalue weighted by atomic mass is 16.5. The lowest BCUT2D eigenvalue weighted by Gasteiger charge is -2.06. The van der Waals surface area contributed by atoms with E-state index in [1.165, 1.54) is 12.8 Å². The second-order valence-electron chi connectivity index (χ2n) is 4.03. The standard InChI is InChI=1S/C9H15N3O/c1-3-7-11-8(13-12-7)10-6-9(2)4-5-9/h3-6H2,1-2H3,(H,10,11,12). The van der Waals surface area contributed by atoms with E-state index in [0.717, 1.165) is 18.8 Å². The first-order chi connectivity index (χ1) is 6.22. The van der Waals surface area contributed by atoms with Crippen LogP contribution in [0.15, 0.2) is 4.52 Å². The molecule has 0 aliphatic heterocycles. The molecule has 4 nitrogen and oxygen atoms in total. The number of nitrogens with one attached hydrogen (secondary N) is 1. The van der Waals surface area contributed by atoms with E-state index in [4.69, 9.17) is 4.52 Å². The summed E-state index contributed by atoms with van der Waals surface area (Å²) >= 11 is 0. The van der Waals surface area contributed by atoms with Crippen molar-refractivity contribution in [2.75, 3.05) is 11.9 Å². The fourth-order valence-electron chi connectivity index (χ4n) is 1.15. The molecule has 1 aliphatic carbocycles. The fraction of sp³-hybridized carbons (Fsp3) is 0.778. The topological polar surface area (TPSA) is 51.0 Å². The third-order valence-electron chi connectivity index (χ3n) is 2.55. The summed E-state index contributed by atoms with van der Waals surface area (Å²) in [6.07, 6.45) is 3.42. The van der Waals surface area contributed by atoms with Gasteiger partial charge in [-0.3, -0.25) is 0 Å². The molecule has 13 heavy (non-hydrogen) atoms. The van der Waals surface area contributed by atoms with Crippen molar-refractivity contribution in [3.05, 3.63) is 5.82 Å². The predicted octanol–water partition coefficient (Wildman–Crippen LogP) is 1.84. The van der Waals surface area contributed by atoms with Crippen LogP contribution >= 0.6 is 0 Å². The van der Waals surface area contributed by atoms with E-state index in [9.17, 15) is 0 Å². The van der Waals surface area contributed by atoms with Crippen molar-refractivity contribution in [1.29, 1.82) is 0 Å². The predicted molar refractivity (Wildman–Crippen MR) is 49.5 cm³/mol. The number of anilines is 1. The molecule has 0 unspecified atom stereocenters. The maximum Gasteiger partial charge on any atom is 0.321 e. The van der Waals surface area contributed by atoms with Gasteiger partial charge >= 0.3 is 6.01 Å². The lowest BCUT2D eigenvalue weighted by molar-refractivity contribution is 0.419. The third kappa shape index (κ3) is 1.99. The average molecular weight is 181 g/mol. The second kappa shape index (κ2) is 3.01. The largest absolute Gasteiger partial charge is 0.337 e. The van der Waals surface area contributed by atoms with E-state index >= 15 is 0 Å². The SMILES string of the molecule is CCc1noc(NCC2(C)CC2)n1. The zero-order valence-electron chi connectivity index (χ0n) is 8.13. The maximum atomic E-state index is 5.01. The molecule has 1 heterocycles. The molecule has 1 N–H and O–H groups in total. The van der Waals surface area contributed by atoms with Gasteiger partial charge in [-0.1, -0.05) is 19.0 Å². The first kappa shape index (κ1) is 8.53. The Morgan fingerprint density at radius 3 is 2.85 bits per heavy atom. The molecule has 0 atom stereocenters. The molecule has 1 aliphatic rings. The lowest BCUT2D eigenvalue weighted by Crippen LogP contribution is -2.11. The molecule has 4 heteroatoms. The minimum atomic E-state index is 0.473. The molecular formula is C9H15N3O. The molecule has 0 saturated heterocycles. The number of rotatable bonds is 4. The van der Waals surface area contributed by atoms with Crippen LogP contribution in [0.25, 0.3) is 0 Å². The smallest absolute Gasteiger partial charge is 0.321 e. The van der Waals surface area contributed by atoms with Gasteiger partial charge in [0, 0.05) is 13.0 Å². The normalized spacial score (nSPS) is 18.6. The summed E-state index contributed by atoms with van der Waals surface area (Å²) in [7, 11) is 0. The summed E-state index contributed by atoms with van der Waals surface area (Å²) in [6.45, 7) is 5.21. The number of hydrogen-bond acceptors (Lipinski definition) is 4. The second-order valence-corrected chi connectivity index (χ2v) is 4.03. The van der Waals surface area contributed by atoms with Crippen LogP contribution in [0.3, 0.4) is 0 Å². The van der Waals surface area contributed by atoms with Gasteiger partial charge in [0.2, 0.25) is 0 Å². The number of hydrogen-bond donors (Lipinski definition) is 1. The molecule has 0 radical (unpaired) electrons. The average Bonchev–Trinajstić information content (AvgIpc) is 2.69. The highest BCUT2D eigenvalue weighted by Gasteiger charge is 2.37. The van der Waals surface area contributed by atoms with E-state index in [1.807, 2.05) is 6.92 Å². The van der Waals surface area contributed by atoms with Crippen LogP contribution in [0.4, 0.5) is 6.01 Å². The van der Waals surface area contributed by atoms with E-state index in [-0.39, 0.29) is 0 Å². The van der Waals surface area contributed by atoms with Crippen LogP contribution in [0.5, 0.6) is 0 Å². The Bertz CT molecular complexity index is 291. The van der Waals surface area contributed by atoms with Crippen molar-refractivity contribution in [1.82, 2.24) is 10.1 Å². The monoisotopic (exact) mass is 181 g/mol. The molecule has 0 aromatic carbocycles. The van der Waals surface area contributed by atoms with E-state index in [0.29, 0.717) is 11.4 Å². The van der Waals surface area contributed by atoms with Crippen LogP contribution in [-0.4, -0.2) is 16.7 Å². The molecule has 2 rings (SSSR count). The van der Waals surface area contributed by atoms with E-state index in [2.05, 4.69) is 22.4 Å². The first-order valence-electron chi connectivity index (χ1n) is 4.78. The highest BCUT2D eigenvalue weighted by molar-refractivity contribution is 5.20. The van der Waals surface area contributed by atoms with Crippen molar-refractivity contribution in [3.63, 3.8) is 0 Å². The van der Waals surface area contributed by atoms with Crippen LogP contribution in [0, 0.1) is 5.41 Å². The van der Waals surface area contributed by atoms with Gasteiger partial charge in [-0.05, 0) is 18.3 Å². The first-order valence-corrected chi connectivity index (χ1v) is 4.78. The molecular weight excluding hydrogens is 166 g/mol. The Hall–Kier alpha value is -1.06. The molecule has 0 spiro atoms. The maximum absolute atomic E-state index is 5.01. The number of aromatic nitrogens is 2. The Labute approximate surface area is 77.7 Å². The summed E-state index contributed by atoms with van der Waals surface area (Å²) in [6, 6.07) is 0.560. The minimum Gasteiger partial charge on any atom is -0.337 e. The Kier molecular flexibility index (Phi) is 1.98. The summed E-state index contributed by atoms with van der Waals surface area (Å²) in [5, 5.41) is 6.97. The van der Waals surface area contributed by atoms with Gasteiger partial charge < -0.3 is 9.84 Å². The Balaban J connectivity index is 1.87. The van der Waals surface area contributed by atoms with Crippen molar-refractivity contribution in [2.24, 2.45) is 5.41 Å². The molecule has 0 amide bonds. The van der Waals surface area contributed by atoms with E-state index in [1.54, 1.807) is 0 Å². The molecule has 1 aromatic rings. The summed E-state index contributed by atoms with van der Waals surface area (Å²) in [5.74, 6) is 0.767. The third-order valence-corrected chi connectivity index (χ3v) is 2.55. The van der Waals surface area contributed by atoms with Gasteiger partial charge in [0.25, 0.3) is 0 Å². The zero-order valence-corrected chi connectivity index (χ0v) is 8.13. The molecule has 0 bridgehead atoms. The summed E-state index contributed by atoms with van der Waals surface area (Å²) < 4.78 is 5.01. The molecule has 72 valence electrons. The van der Waals surface area contributed by atoms with E-state index < -0.39 is 0 Å². The summed E-state index contributed by atoms with van der Waals surface area (Å²) in [5.41, 5.74) is 0.473. The van der Waals surface area contributed by atoms with Gasteiger partial charge in [0.05, 0.1) is 0 Å². The highest BCUT2D eigenvalue weighted by Crippen LogP contribution is 2.44. The number of nitrogens with zero attached hydrogens (tertiary/aromatic N) is 2. The minimum absolute atomic E-state index is 0.473. The zero-order chi connectivity index (χ0) is 9.31. The molecule has 1 fully saturated rings. The van der Waals surface area contributed by atoms with Crippen LogP contribution < -0.4 is 5.32 Å². The van der Waals surface area contributed by atoms with Gasteiger partial charge in [-0.25, -0.2) is 0 Å². The Morgan fingerprint density at radius 1 is 1.54 bits per heavy atom. The molecule has 1 aromatic heterocycles. The van der Waals surface area contributed by atoms with Gasteiger partial charge in [-0.15, -0.1) is 0 Å². The number of aryl methyl sites for hydroxylation is 1. The van der Waals surface area contributed by atoms with Crippen molar-refractivity contribution in [3.8, 4) is 0 Å². The van der Waals surface area contributed by atoms with Crippen molar-refractivity contribution >= 4 is 6.01 Å². The fourth-order valence-corrected chi connectivity index (χ4v) is 1.15. The van der Waals surface area contributed by atoms with Crippen LogP contribution in [0.2, 0.25) is 0 Å². The van der Waals surface area contributed by atoms with Crippen LogP contribution in [-0.2, 0) is 6.42 Å². The summed E-state index contributed by atoms with van der Waals surface area (Å²) in [4.78, 5) is 4.17. The quantitative estimate of drug-likeness (QED) is 0.770.